The molecule has 0 bridgehead atoms. The second-order valence-electron chi connectivity index (χ2n) is 7.05. The molecule has 3 heterocycles. The van der Waals surface area contributed by atoms with Crippen LogP contribution >= 0.6 is 11.6 Å². The van der Waals surface area contributed by atoms with Gasteiger partial charge in [-0.15, -0.1) is 0 Å². The molecule has 0 aliphatic carbocycles. The van der Waals surface area contributed by atoms with Crippen LogP contribution in [0.1, 0.15) is 27.0 Å². The number of nitrogens with one attached hydrogen (secondary N) is 1. The lowest BCUT2D eigenvalue weighted by Gasteiger charge is -2.18. The molecule has 26 heavy (non-hydrogen) atoms. The summed E-state index contributed by atoms with van der Waals surface area (Å²) < 4.78 is 21.0. The lowest BCUT2D eigenvalue weighted by molar-refractivity contribution is -0.123. The highest BCUT2D eigenvalue weighted by Crippen LogP contribution is 2.34. The van der Waals surface area contributed by atoms with E-state index in [1.54, 1.807) is 20.8 Å². The number of hydrogen-bond acceptors (Lipinski definition) is 7. The van der Waals surface area contributed by atoms with Crippen molar-refractivity contribution >= 4 is 34.5 Å². The third-order valence-corrected chi connectivity index (χ3v) is 4.22. The fraction of sp³-hybridized carbons (Fsp3) is 0.600. The Hall–Kier alpha value is -1.88. The van der Waals surface area contributed by atoms with Gasteiger partial charge in [-0.3, -0.25) is 9.36 Å². The van der Waals surface area contributed by atoms with Gasteiger partial charge < -0.3 is 20.3 Å². The number of hydrogen-bond donors (Lipinski definition) is 3. The third-order valence-electron chi connectivity index (χ3n) is 4.06. The summed E-state index contributed by atoms with van der Waals surface area (Å²) >= 11 is 5.94. The van der Waals surface area contributed by atoms with E-state index >= 15 is 0 Å². The molecule has 1 aliphatic rings. The number of nitrogens with zero attached hydrogens (tertiary/aromatic N) is 4. The topological polar surface area (TPSA) is 122 Å². The van der Waals surface area contributed by atoms with E-state index in [1.807, 2.05) is 0 Å². The lowest BCUT2D eigenvalue weighted by atomic mass is 9.96. The smallest absolute Gasteiger partial charge is 0.230 e. The maximum atomic E-state index is 14.4. The second-order valence-corrected chi connectivity index (χ2v) is 7.39. The van der Waals surface area contributed by atoms with E-state index in [0.29, 0.717) is 0 Å². The predicted octanol–water partition coefficient (Wildman–Crippen LogP) is 1.05. The first-order valence-corrected chi connectivity index (χ1v) is 8.31. The summed E-state index contributed by atoms with van der Waals surface area (Å²) in [5.41, 5.74) is -0.346. The highest BCUT2D eigenvalue weighted by atomic mass is 35.5. The summed E-state index contributed by atoms with van der Waals surface area (Å²) in [6.07, 6.45) is -4.34. The molecule has 142 valence electrons. The Morgan fingerprint density at radius 1 is 1.46 bits per heavy atom. The maximum absolute atomic E-state index is 14.4. The van der Waals surface area contributed by atoms with Gasteiger partial charge in [-0.05, 0) is 11.6 Å². The molecule has 0 radical (unpaired) electrons. The molecule has 1 saturated heterocycles. The molecule has 0 spiro atoms. The Morgan fingerprint density at radius 2 is 2.15 bits per heavy atom. The lowest BCUT2D eigenvalue weighted by Crippen LogP contribution is -2.30. The molecular formula is C15H19ClFN5O4. The van der Waals surface area contributed by atoms with Gasteiger partial charge in [0, 0.05) is 5.41 Å². The summed E-state index contributed by atoms with van der Waals surface area (Å²) in [6.45, 7) is 4.67. The standard InChI is InChI=1S/C15H19ClFN5O4/c1-15(2,3)13(25)19-10-8-11(21-14(16)20-10)22(5-18-8)12-7(17)9(24)6(4-23)26-12/h5-7,9,12,23-24H,4H2,1-3H3,(H,19,20,21,25)/t6-,7+,9-,12-/m1/s1. The van der Waals surface area contributed by atoms with Crippen molar-refractivity contribution < 1.29 is 24.1 Å². The number of alkyl halides is 1. The zero-order chi connectivity index (χ0) is 19.2. The van der Waals surface area contributed by atoms with Crippen molar-refractivity contribution in [2.45, 2.75) is 45.4 Å². The second kappa shape index (κ2) is 6.69. The van der Waals surface area contributed by atoms with Crippen molar-refractivity contribution in [3.63, 3.8) is 0 Å². The first kappa shape index (κ1) is 18.9. The SMILES string of the molecule is CC(C)(C)C(=O)Nc1nc(Cl)nc2c1ncn2[C@@H]1O[C@H](CO)[C@@H](O)[C@@H]1F. The van der Waals surface area contributed by atoms with Crippen LogP contribution in [-0.2, 0) is 9.53 Å². The summed E-state index contributed by atoms with van der Waals surface area (Å²) in [4.78, 5) is 24.4. The van der Waals surface area contributed by atoms with Crippen molar-refractivity contribution in [2.75, 3.05) is 11.9 Å². The molecular weight excluding hydrogens is 369 g/mol. The predicted molar refractivity (Wildman–Crippen MR) is 90.3 cm³/mol. The number of amides is 1. The molecule has 11 heteroatoms. The average molecular weight is 388 g/mol. The molecule has 0 saturated carbocycles. The van der Waals surface area contributed by atoms with Gasteiger partial charge in [0.2, 0.25) is 11.2 Å². The van der Waals surface area contributed by atoms with E-state index in [-0.39, 0.29) is 28.2 Å². The van der Waals surface area contributed by atoms with Gasteiger partial charge >= 0.3 is 0 Å². The van der Waals surface area contributed by atoms with Crippen molar-refractivity contribution in [1.29, 1.82) is 0 Å². The van der Waals surface area contributed by atoms with Crippen LogP contribution in [0.25, 0.3) is 11.2 Å². The van der Waals surface area contributed by atoms with Crippen molar-refractivity contribution in [1.82, 2.24) is 19.5 Å². The molecule has 1 amide bonds. The number of anilines is 1. The van der Waals surface area contributed by atoms with Gasteiger partial charge in [0.25, 0.3) is 0 Å². The van der Waals surface area contributed by atoms with Crippen LogP contribution in [0, 0.1) is 5.41 Å². The summed E-state index contributed by atoms with van der Waals surface area (Å²) in [6, 6.07) is 0. The van der Waals surface area contributed by atoms with Gasteiger partial charge in [-0.1, -0.05) is 20.8 Å². The van der Waals surface area contributed by atoms with Crippen LogP contribution < -0.4 is 5.32 Å². The number of rotatable bonds is 3. The molecule has 2 aromatic rings. The third kappa shape index (κ3) is 3.25. The average Bonchev–Trinajstić information content (AvgIpc) is 3.08. The van der Waals surface area contributed by atoms with Crippen LogP contribution in [0.15, 0.2) is 6.33 Å². The Labute approximate surface area is 153 Å². The minimum Gasteiger partial charge on any atom is -0.394 e. The van der Waals surface area contributed by atoms with Gasteiger partial charge in [-0.2, -0.15) is 9.97 Å². The van der Waals surface area contributed by atoms with Crippen molar-refractivity contribution in [3.8, 4) is 0 Å². The van der Waals surface area contributed by atoms with Crippen LogP contribution in [0.3, 0.4) is 0 Å². The number of fused-ring (bicyclic) bond motifs is 1. The number of carbonyl (C=O) groups is 1. The summed E-state index contributed by atoms with van der Waals surface area (Å²) in [7, 11) is 0. The fourth-order valence-corrected chi connectivity index (χ4v) is 2.70. The number of aromatic nitrogens is 4. The van der Waals surface area contributed by atoms with E-state index in [9.17, 15) is 19.4 Å². The molecule has 0 aromatic carbocycles. The van der Waals surface area contributed by atoms with Gasteiger partial charge in [0.1, 0.15) is 12.2 Å². The van der Waals surface area contributed by atoms with E-state index in [4.69, 9.17) is 16.3 Å². The highest BCUT2D eigenvalue weighted by Gasteiger charge is 2.45. The Kier molecular flexibility index (Phi) is 4.86. The quantitative estimate of drug-likeness (QED) is 0.673. The number of halogens is 2. The van der Waals surface area contributed by atoms with E-state index < -0.39 is 36.6 Å². The molecule has 1 fully saturated rings. The van der Waals surface area contributed by atoms with E-state index in [2.05, 4.69) is 20.3 Å². The summed E-state index contributed by atoms with van der Waals surface area (Å²) in [5, 5.41) is 21.4. The number of carbonyl (C=O) groups excluding carboxylic acids is 1. The molecule has 4 atom stereocenters. The molecule has 0 unspecified atom stereocenters. The zero-order valence-electron chi connectivity index (χ0n) is 14.3. The normalized spacial score (nSPS) is 26.4. The monoisotopic (exact) mass is 387 g/mol. The van der Waals surface area contributed by atoms with Gasteiger partial charge in [0.15, 0.2) is 29.4 Å². The number of aliphatic hydroxyl groups is 2. The van der Waals surface area contributed by atoms with Crippen molar-refractivity contribution in [3.05, 3.63) is 11.6 Å². The van der Waals surface area contributed by atoms with E-state index in [1.165, 1.54) is 10.9 Å². The largest absolute Gasteiger partial charge is 0.394 e. The van der Waals surface area contributed by atoms with Crippen molar-refractivity contribution in [2.24, 2.45) is 5.41 Å². The van der Waals surface area contributed by atoms with Crippen LogP contribution in [0.5, 0.6) is 0 Å². The molecule has 1 aliphatic heterocycles. The van der Waals surface area contributed by atoms with E-state index in [0.717, 1.165) is 0 Å². The molecule has 2 aromatic heterocycles. The molecule has 3 rings (SSSR count). The minimum atomic E-state index is -1.80. The minimum absolute atomic E-state index is 0.0892. The highest BCUT2D eigenvalue weighted by molar-refractivity contribution is 6.28. The first-order valence-electron chi connectivity index (χ1n) is 7.93. The number of ether oxygens (including phenoxy) is 1. The number of imidazole rings is 1. The van der Waals surface area contributed by atoms with Gasteiger partial charge in [-0.25, -0.2) is 9.37 Å². The van der Waals surface area contributed by atoms with Crippen LogP contribution in [0.4, 0.5) is 10.2 Å². The Bertz CT molecular complexity index is 839. The van der Waals surface area contributed by atoms with Gasteiger partial charge in [0.05, 0.1) is 12.9 Å². The fourth-order valence-electron chi connectivity index (χ4n) is 2.54. The molecule has 9 nitrogen and oxygen atoms in total. The maximum Gasteiger partial charge on any atom is 0.230 e. The summed E-state index contributed by atoms with van der Waals surface area (Å²) in [5.74, 6) is -0.217. The number of aliphatic hydroxyl groups excluding tert-OH is 2. The first-order chi connectivity index (χ1) is 12.1. The van der Waals surface area contributed by atoms with Crippen LogP contribution in [-0.4, -0.2) is 60.6 Å². The Morgan fingerprint density at radius 3 is 2.73 bits per heavy atom. The van der Waals surface area contributed by atoms with Crippen LogP contribution in [0.2, 0.25) is 5.28 Å². The Balaban J connectivity index is 2.02. The zero-order valence-corrected chi connectivity index (χ0v) is 15.1. The molecule has 3 N–H and O–H groups in total.